The zero-order valence-corrected chi connectivity index (χ0v) is 14.5. The van der Waals surface area contributed by atoms with Crippen LogP contribution in [0.5, 0.6) is 0 Å². The van der Waals surface area contributed by atoms with Gasteiger partial charge in [0.15, 0.2) is 0 Å². The number of pyridine rings is 2. The Kier molecular flexibility index (Phi) is 4.73. The van der Waals surface area contributed by atoms with Crippen LogP contribution in [0.3, 0.4) is 0 Å². The fraction of sp³-hybridized carbons (Fsp3) is 0.300. The maximum atomic E-state index is 12.5. The van der Waals surface area contributed by atoms with Gasteiger partial charge in [-0.05, 0) is 43.0 Å². The largest absolute Gasteiger partial charge is 0.371 e. The zero-order chi connectivity index (χ0) is 17.8. The van der Waals surface area contributed by atoms with Gasteiger partial charge in [0, 0.05) is 61.7 Å². The van der Waals surface area contributed by atoms with Crippen LogP contribution in [0.25, 0.3) is 11.3 Å². The molecule has 6 nitrogen and oxygen atoms in total. The standard InChI is InChI=1S/C20H21N5O/c26-20-13-19(17-1-7-21-8-2-17)23-15-25(20)14-16-5-11-24(12-6-16)18-3-9-22-10-4-18/h1-4,7-10,13,15-16H,5-6,11-12,14H2. The summed E-state index contributed by atoms with van der Waals surface area (Å²) in [5.41, 5.74) is 2.83. The smallest absolute Gasteiger partial charge is 0.253 e. The van der Waals surface area contributed by atoms with E-state index in [0.29, 0.717) is 11.6 Å². The van der Waals surface area contributed by atoms with Crippen molar-refractivity contribution in [1.29, 1.82) is 0 Å². The molecule has 0 amide bonds. The lowest BCUT2D eigenvalue weighted by molar-refractivity contribution is 0.351. The first-order chi connectivity index (χ1) is 12.8. The van der Waals surface area contributed by atoms with E-state index in [9.17, 15) is 4.79 Å². The molecule has 4 rings (SSSR count). The fourth-order valence-corrected chi connectivity index (χ4v) is 3.45. The molecule has 0 saturated carbocycles. The minimum Gasteiger partial charge on any atom is -0.371 e. The highest BCUT2D eigenvalue weighted by Crippen LogP contribution is 2.23. The predicted molar refractivity (Wildman–Crippen MR) is 101 cm³/mol. The highest BCUT2D eigenvalue weighted by molar-refractivity contribution is 5.57. The summed E-state index contributed by atoms with van der Waals surface area (Å²) in [7, 11) is 0. The van der Waals surface area contributed by atoms with Crippen LogP contribution in [0.2, 0.25) is 0 Å². The molecule has 0 spiro atoms. The molecule has 3 aromatic rings. The number of anilines is 1. The van der Waals surface area contributed by atoms with Crippen molar-refractivity contribution >= 4 is 5.69 Å². The van der Waals surface area contributed by atoms with Gasteiger partial charge in [0.2, 0.25) is 0 Å². The normalized spacial score (nSPS) is 15.2. The molecule has 0 unspecified atom stereocenters. The van der Waals surface area contributed by atoms with Gasteiger partial charge < -0.3 is 4.90 Å². The molecule has 26 heavy (non-hydrogen) atoms. The summed E-state index contributed by atoms with van der Waals surface area (Å²) in [5.74, 6) is 0.499. The summed E-state index contributed by atoms with van der Waals surface area (Å²) < 4.78 is 1.73. The van der Waals surface area contributed by atoms with E-state index >= 15 is 0 Å². The quantitative estimate of drug-likeness (QED) is 0.726. The van der Waals surface area contributed by atoms with Crippen LogP contribution in [0, 0.1) is 5.92 Å². The SMILES string of the molecule is O=c1cc(-c2ccncc2)ncn1CC1CCN(c2ccncc2)CC1. The molecule has 0 atom stereocenters. The lowest BCUT2D eigenvalue weighted by Gasteiger charge is -2.33. The number of nitrogens with zero attached hydrogens (tertiary/aromatic N) is 5. The van der Waals surface area contributed by atoms with Crippen LogP contribution in [0.1, 0.15) is 12.8 Å². The van der Waals surface area contributed by atoms with Crippen molar-refractivity contribution in [3.05, 3.63) is 71.8 Å². The summed E-state index contributed by atoms with van der Waals surface area (Å²) in [6.07, 6.45) is 10.9. The first-order valence-corrected chi connectivity index (χ1v) is 8.91. The molecule has 0 N–H and O–H groups in total. The van der Waals surface area contributed by atoms with Gasteiger partial charge in [0.05, 0.1) is 12.0 Å². The van der Waals surface area contributed by atoms with Crippen LogP contribution < -0.4 is 10.5 Å². The Bertz CT molecular complexity index is 902. The third-order valence-electron chi connectivity index (χ3n) is 4.95. The van der Waals surface area contributed by atoms with Gasteiger partial charge in [0.25, 0.3) is 5.56 Å². The van der Waals surface area contributed by atoms with E-state index < -0.39 is 0 Å². The van der Waals surface area contributed by atoms with Gasteiger partial charge in [-0.1, -0.05) is 0 Å². The van der Waals surface area contributed by atoms with Gasteiger partial charge in [0.1, 0.15) is 0 Å². The van der Waals surface area contributed by atoms with E-state index in [4.69, 9.17) is 0 Å². The van der Waals surface area contributed by atoms with Crippen molar-refractivity contribution in [3.8, 4) is 11.3 Å². The molecule has 0 aliphatic carbocycles. The van der Waals surface area contributed by atoms with Gasteiger partial charge in [-0.25, -0.2) is 4.98 Å². The molecule has 0 radical (unpaired) electrons. The molecule has 1 aliphatic rings. The van der Waals surface area contributed by atoms with E-state index in [1.165, 1.54) is 5.69 Å². The summed E-state index contributed by atoms with van der Waals surface area (Å²) >= 11 is 0. The van der Waals surface area contributed by atoms with Crippen molar-refractivity contribution in [1.82, 2.24) is 19.5 Å². The fourth-order valence-electron chi connectivity index (χ4n) is 3.45. The third kappa shape index (κ3) is 3.64. The first-order valence-electron chi connectivity index (χ1n) is 8.91. The van der Waals surface area contributed by atoms with Crippen LogP contribution >= 0.6 is 0 Å². The number of piperidine rings is 1. The third-order valence-corrected chi connectivity index (χ3v) is 4.95. The maximum absolute atomic E-state index is 12.5. The molecular formula is C20H21N5O. The van der Waals surface area contributed by atoms with E-state index in [1.807, 2.05) is 36.7 Å². The van der Waals surface area contributed by atoms with Gasteiger partial charge in [-0.15, -0.1) is 0 Å². The Morgan fingerprint density at radius 3 is 2.27 bits per heavy atom. The minimum absolute atomic E-state index is 0.00313. The first kappa shape index (κ1) is 16.4. The molecule has 1 fully saturated rings. The van der Waals surface area contributed by atoms with Crippen molar-refractivity contribution in [2.45, 2.75) is 19.4 Å². The highest BCUT2D eigenvalue weighted by atomic mass is 16.1. The molecule has 132 valence electrons. The number of aromatic nitrogens is 4. The molecule has 0 bridgehead atoms. The molecule has 6 heteroatoms. The second-order valence-corrected chi connectivity index (χ2v) is 6.64. The second-order valence-electron chi connectivity index (χ2n) is 6.64. The van der Waals surface area contributed by atoms with Crippen molar-refractivity contribution in [2.24, 2.45) is 5.92 Å². The maximum Gasteiger partial charge on any atom is 0.253 e. The Morgan fingerprint density at radius 1 is 0.962 bits per heavy atom. The van der Waals surface area contributed by atoms with E-state index in [0.717, 1.165) is 38.0 Å². The van der Waals surface area contributed by atoms with Crippen LogP contribution in [-0.2, 0) is 6.54 Å². The number of rotatable bonds is 4. The van der Waals surface area contributed by atoms with E-state index in [2.05, 4.69) is 19.9 Å². The molecule has 3 aromatic heterocycles. The average molecular weight is 347 g/mol. The number of hydrogen-bond donors (Lipinski definition) is 0. The molecule has 4 heterocycles. The van der Waals surface area contributed by atoms with Crippen molar-refractivity contribution in [2.75, 3.05) is 18.0 Å². The lowest BCUT2D eigenvalue weighted by atomic mass is 9.96. The lowest BCUT2D eigenvalue weighted by Crippen LogP contribution is -2.36. The topological polar surface area (TPSA) is 63.9 Å². The van der Waals surface area contributed by atoms with E-state index in [-0.39, 0.29) is 5.56 Å². The summed E-state index contributed by atoms with van der Waals surface area (Å²) in [5, 5.41) is 0. The van der Waals surface area contributed by atoms with Crippen LogP contribution in [0.4, 0.5) is 5.69 Å². The minimum atomic E-state index is 0.00313. The van der Waals surface area contributed by atoms with Gasteiger partial charge >= 0.3 is 0 Å². The monoisotopic (exact) mass is 347 g/mol. The molecule has 0 aromatic carbocycles. The Balaban J connectivity index is 1.40. The number of hydrogen-bond acceptors (Lipinski definition) is 5. The van der Waals surface area contributed by atoms with Crippen molar-refractivity contribution < 1.29 is 0 Å². The van der Waals surface area contributed by atoms with Crippen LogP contribution in [0.15, 0.2) is 66.2 Å². The molecular weight excluding hydrogens is 326 g/mol. The van der Waals surface area contributed by atoms with Crippen LogP contribution in [-0.4, -0.2) is 32.6 Å². The van der Waals surface area contributed by atoms with E-state index in [1.54, 1.807) is 29.4 Å². The zero-order valence-electron chi connectivity index (χ0n) is 14.5. The Hall–Kier alpha value is -3.02. The van der Waals surface area contributed by atoms with Gasteiger partial charge in [-0.3, -0.25) is 19.3 Å². The van der Waals surface area contributed by atoms with Gasteiger partial charge in [-0.2, -0.15) is 0 Å². The summed E-state index contributed by atoms with van der Waals surface area (Å²) in [6, 6.07) is 9.43. The Labute approximate surface area is 152 Å². The highest BCUT2D eigenvalue weighted by Gasteiger charge is 2.20. The second kappa shape index (κ2) is 7.47. The Morgan fingerprint density at radius 2 is 1.62 bits per heavy atom. The molecule has 1 saturated heterocycles. The van der Waals surface area contributed by atoms with Crippen molar-refractivity contribution in [3.63, 3.8) is 0 Å². The predicted octanol–water partition coefficient (Wildman–Crippen LogP) is 2.62. The summed E-state index contributed by atoms with van der Waals surface area (Å²) in [6.45, 7) is 2.74. The molecule has 1 aliphatic heterocycles. The average Bonchev–Trinajstić information content (AvgIpc) is 2.71. The summed E-state index contributed by atoms with van der Waals surface area (Å²) in [4.78, 5) is 27.4.